The topological polar surface area (TPSA) is 63.5 Å². The van der Waals surface area contributed by atoms with E-state index in [1.807, 2.05) is 0 Å². The number of hydrogen-bond donors (Lipinski definition) is 1. The Morgan fingerprint density at radius 2 is 1.90 bits per heavy atom. The largest absolute Gasteiger partial charge is 0.347 e. The summed E-state index contributed by atoms with van der Waals surface area (Å²) in [6.07, 6.45) is 0. The van der Waals surface area contributed by atoms with Gasteiger partial charge in [-0.1, -0.05) is 0 Å². The number of hydrogen-bond acceptors (Lipinski definition) is 2. The van der Waals surface area contributed by atoms with Crippen molar-refractivity contribution in [2.24, 2.45) is 0 Å². The zero-order valence-electron chi connectivity index (χ0n) is 6.21. The van der Waals surface area contributed by atoms with Gasteiger partial charge in [-0.15, -0.1) is 5.32 Å². The first-order chi connectivity index (χ1) is 4.57. The first-order valence-corrected chi connectivity index (χ1v) is 2.72. The third-order valence-electron chi connectivity index (χ3n) is 0.794. The van der Waals surface area contributed by atoms with Crippen LogP contribution in [0, 0.1) is 0 Å². The number of rotatable bonds is 0. The Hall–Kier alpha value is -1.26. The molecule has 0 aromatic carbocycles. The summed E-state index contributed by atoms with van der Waals surface area (Å²) in [4.78, 5) is 22.2. The van der Waals surface area contributed by atoms with Crippen LogP contribution in [0.4, 0.5) is 9.59 Å². The molecule has 57 valence electrons. The van der Waals surface area contributed by atoms with E-state index >= 15 is 0 Å². The van der Waals surface area contributed by atoms with E-state index in [4.69, 9.17) is 0 Å². The van der Waals surface area contributed by atoms with Crippen LogP contribution in [-0.2, 0) is 0 Å². The highest BCUT2D eigenvalue weighted by atomic mass is 16.2. The SMILES string of the molecule is CNC(=O)[N]C(=O)N(C)C. The van der Waals surface area contributed by atoms with Crippen molar-refractivity contribution in [1.29, 1.82) is 0 Å². The van der Waals surface area contributed by atoms with Gasteiger partial charge in [0.2, 0.25) is 0 Å². The van der Waals surface area contributed by atoms with Crippen LogP contribution in [0.15, 0.2) is 0 Å². The molecule has 0 unspecified atom stereocenters. The van der Waals surface area contributed by atoms with E-state index in [0.717, 1.165) is 0 Å². The molecule has 0 atom stereocenters. The van der Waals surface area contributed by atoms with Crippen LogP contribution in [0.5, 0.6) is 0 Å². The summed E-state index contributed by atoms with van der Waals surface area (Å²) >= 11 is 0. The number of carbonyl (C=O) groups excluding carboxylic acids is 2. The normalized spacial score (nSPS) is 8.30. The summed E-state index contributed by atoms with van der Waals surface area (Å²) in [6.45, 7) is 0. The Morgan fingerprint density at radius 3 is 2.20 bits per heavy atom. The Bertz CT molecular complexity index is 144. The average Bonchev–Trinajstić information content (AvgIpc) is 1.87. The van der Waals surface area contributed by atoms with Gasteiger partial charge in [-0.2, -0.15) is 0 Å². The molecule has 5 heteroatoms. The van der Waals surface area contributed by atoms with Gasteiger partial charge in [0.25, 0.3) is 0 Å². The lowest BCUT2D eigenvalue weighted by Crippen LogP contribution is -2.37. The highest BCUT2D eigenvalue weighted by Gasteiger charge is 2.08. The fourth-order valence-corrected chi connectivity index (χ4v) is 0.243. The summed E-state index contributed by atoms with van der Waals surface area (Å²) in [6, 6.07) is -1.18. The number of imide groups is 1. The van der Waals surface area contributed by atoms with Crippen LogP contribution in [-0.4, -0.2) is 38.1 Å². The van der Waals surface area contributed by atoms with Crippen LogP contribution >= 0.6 is 0 Å². The smallest absolute Gasteiger partial charge is 0.339 e. The molecule has 0 fully saturated rings. The minimum atomic E-state index is -0.626. The third-order valence-corrected chi connectivity index (χ3v) is 0.794. The highest BCUT2D eigenvalue weighted by Crippen LogP contribution is 1.77. The molecule has 5 nitrogen and oxygen atoms in total. The molecule has 0 saturated heterocycles. The molecule has 1 N–H and O–H groups in total. The Balaban J connectivity index is 3.69. The molecule has 0 aliphatic carbocycles. The quantitative estimate of drug-likeness (QED) is 0.503. The zero-order valence-corrected chi connectivity index (χ0v) is 6.21. The second-order valence-electron chi connectivity index (χ2n) is 1.84. The van der Waals surface area contributed by atoms with E-state index < -0.39 is 12.1 Å². The predicted molar refractivity (Wildman–Crippen MR) is 35.7 cm³/mol. The van der Waals surface area contributed by atoms with Gasteiger partial charge in [-0.3, -0.25) is 0 Å². The zero-order chi connectivity index (χ0) is 8.15. The molecule has 0 spiro atoms. The first-order valence-electron chi connectivity index (χ1n) is 2.72. The predicted octanol–water partition coefficient (Wildman–Crippen LogP) is -0.388. The maximum Gasteiger partial charge on any atom is 0.347 e. The van der Waals surface area contributed by atoms with Crippen molar-refractivity contribution in [3.05, 3.63) is 0 Å². The molecule has 0 aromatic rings. The van der Waals surface area contributed by atoms with Gasteiger partial charge >= 0.3 is 12.1 Å². The fourth-order valence-electron chi connectivity index (χ4n) is 0.243. The first kappa shape index (κ1) is 8.74. The molecular weight excluding hydrogens is 134 g/mol. The number of amides is 4. The van der Waals surface area contributed by atoms with Crippen molar-refractivity contribution in [1.82, 2.24) is 15.5 Å². The summed E-state index contributed by atoms with van der Waals surface area (Å²) < 4.78 is 0. The van der Waals surface area contributed by atoms with E-state index in [0.29, 0.717) is 0 Å². The molecule has 0 saturated carbocycles. The second-order valence-corrected chi connectivity index (χ2v) is 1.84. The van der Waals surface area contributed by atoms with Gasteiger partial charge < -0.3 is 10.2 Å². The Kier molecular flexibility index (Phi) is 3.24. The monoisotopic (exact) mass is 144 g/mol. The summed E-state index contributed by atoms with van der Waals surface area (Å²) in [7, 11) is 4.46. The summed E-state index contributed by atoms with van der Waals surface area (Å²) in [5.74, 6) is 0. The third kappa shape index (κ3) is 2.91. The molecule has 0 aliphatic heterocycles. The molecular formula is C5H10N3O2. The van der Waals surface area contributed by atoms with Gasteiger partial charge in [-0.05, 0) is 0 Å². The average molecular weight is 144 g/mol. The lowest BCUT2D eigenvalue weighted by molar-refractivity contribution is 0.210. The second kappa shape index (κ2) is 3.71. The van der Waals surface area contributed by atoms with E-state index in [1.165, 1.54) is 26.0 Å². The number of nitrogens with zero attached hydrogens (tertiary/aromatic N) is 2. The van der Waals surface area contributed by atoms with E-state index in [9.17, 15) is 9.59 Å². The van der Waals surface area contributed by atoms with Crippen LogP contribution in [0.2, 0.25) is 0 Å². The van der Waals surface area contributed by atoms with Crippen LogP contribution in [0.1, 0.15) is 0 Å². The molecule has 0 aliphatic rings. The number of nitrogens with one attached hydrogen (secondary N) is 1. The standard InChI is InChI=1S/C5H10N3O2/c1-6-4(9)7-5(10)8(2)3/h1-3H3,(H,6,9). The minimum Gasteiger partial charge on any atom is -0.339 e. The molecule has 0 rings (SSSR count). The van der Waals surface area contributed by atoms with Gasteiger partial charge in [-0.25, -0.2) is 9.59 Å². The van der Waals surface area contributed by atoms with E-state index in [1.54, 1.807) is 0 Å². The lowest BCUT2D eigenvalue weighted by atomic mass is 10.8. The van der Waals surface area contributed by atoms with Crippen molar-refractivity contribution < 1.29 is 9.59 Å². The molecule has 1 radical (unpaired) electrons. The highest BCUT2D eigenvalue weighted by molar-refractivity contribution is 5.92. The van der Waals surface area contributed by atoms with Gasteiger partial charge in [0, 0.05) is 21.1 Å². The van der Waals surface area contributed by atoms with Gasteiger partial charge in [0.05, 0.1) is 0 Å². The van der Waals surface area contributed by atoms with Crippen molar-refractivity contribution in [3.63, 3.8) is 0 Å². The Morgan fingerprint density at radius 1 is 1.40 bits per heavy atom. The van der Waals surface area contributed by atoms with Crippen LogP contribution in [0.3, 0.4) is 0 Å². The van der Waals surface area contributed by atoms with Crippen LogP contribution in [0.25, 0.3) is 0 Å². The number of urea groups is 2. The molecule has 10 heavy (non-hydrogen) atoms. The molecule has 0 heterocycles. The van der Waals surface area contributed by atoms with Gasteiger partial charge in [0.15, 0.2) is 0 Å². The van der Waals surface area contributed by atoms with Gasteiger partial charge in [0.1, 0.15) is 0 Å². The minimum absolute atomic E-state index is 0.556. The van der Waals surface area contributed by atoms with Crippen LogP contribution < -0.4 is 10.6 Å². The molecule has 4 amide bonds. The maximum atomic E-state index is 10.6. The maximum absolute atomic E-state index is 10.6. The number of carbonyl (C=O) groups is 2. The molecule has 0 bridgehead atoms. The Labute approximate surface area is 59.4 Å². The van der Waals surface area contributed by atoms with Crippen molar-refractivity contribution in [2.75, 3.05) is 21.1 Å². The summed E-state index contributed by atoms with van der Waals surface area (Å²) in [5, 5.41) is 5.33. The van der Waals surface area contributed by atoms with Crippen molar-refractivity contribution >= 4 is 12.1 Å². The lowest BCUT2D eigenvalue weighted by Gasteiger charge is -2.07. The van der Waals surface area contributed by atoms with E-state index in [2.05, 4.69) is 10.6 Å². The van der Waals surface area contributed by atoms with Crippen molar-refractivity contribution in [3.8, 4) is 0 Å². The van der Waals surface area contributed by atoms with Crippen molar-refractivity contribution in [2.45, 2.75) is 0 Å². The fraction of sp³-hybridized carbons (Fsp3) is 0.600. The molecule has 0 aromatic heterocycles. The summed E-state index contributed by atoms with van der Waals surface area (Å²) in [5.41, 5.74) is 0. The van der Waals surface area contributed by atoms with E-state index in [-0.39, 0.29) is 0 Å².